The largest absolute Gasteiger partial charge is 0.423 e. The molecule has 0 aliphatic carbocycles. The quantitative estimate of drug-likeness (QED) is 0.723. The number of hydrogen-bond acceptors (Lipinski definition) is 6. The molecule has 1 aliphatic heterocycles. The van der Waals surface area contributed by atoms with Crippen LogP contribution in [0.25, 0.3) is 5.69 Å². The molecule has 1 aliphatic rings. The standard InChI is InChI=1S/C17H17N5O3/c1-12-19-20-16(25-12)15-11-24-9-8-22(15)17(23)14-10-13(4-5-18-14)21-6-2-3-7-21/h2-7,10,15H,8-9,11H2,1H3. The highest BCUT2D eigenvalue weighted by Gasteiger charge is 2.33. The van der Waals surface area contributed by atoms with Gasteiger partial charge >= 0.3 is 0 Å². The van der Waals surface area contributed by atoms with Crippen molar-refractivity contribution >= 4 is 5.91 Å². The second-order valence-electron chi connectivity index (χ2n) is 5.74. The van der Waals surface area contributed by atoms with E-state index in [1.165, 1.54) is 0 Å². The number of pyridine rings is 1. The average Bonchev–Trinajstić information content (AvgIpc) is 3.33. The molecule has 3 aromatic heterocycles. The summed E-state index contributed by atoms with van der Waals surface area (Å²) in [5, 5.41) is 7.89. The fourth-order valence-corrected chi connectivity index (χ4v) is 2.85. The van der Waals surface area contributed by atoms with Crippen molar-refractivity contribution in [1.29, 1.82) is 0 Å². The lowest BCUT2D eigenvalue weighted by molar-refractivity contribution is -0.0109. The fraction of sp³-hybridized carbons (Fsp3) is 0.294. The second kappa shape index (κ2) is 6.48. The number of aromatic nitrogens is 4. The summed E-state index contributed by atoms with van der Waals surface area (Å²) in [6.07, 6.45) is 5.47. The molecule has 1 atom stereocenters. The van der Waals surface area contributed by atoms with Gasteiger partial charge < -0.3 is 18.6 Å². The topological polar surface area (TPSA) is 86.3 Å². The van der Waals surface area contributed by atoms with E-state index in [4.69, 9.17) is 9.15 Å². The van der Waals surface area contributed by atoms with Crippen LogP contribution in [0.15, 0.2) is 47.3 Å². The Kier molecular flexibility index (Phi) is 4.02. The molecule has 0 aromatic carbocycles. The van der Waals surface area contributed by atoms with E-state index in [-0.39, 0.29) is 5.91 Å². The van der Waals surface area contributed by atoms with Crippen LogP contribution in [0.1, 0.15) is 28.3 Å². The third-order valence-corrected chi connectivity index (χ3v) is 4.08. The predicted octanol–water partition coefficient (Wildman–Crippen LogP) is 1.78. The zero-order chi connectivity index (χ0) is 17.2. The summed E-state index contributed by atoms with van der Waals surface area (Å²) in [5.74, 6) is 0.658. The minimum absolute atomic E-state index is 0.182. The fourth-order valence-electron chi connectivity index (χ4n) is 2.85. The minimum atomic E-state index is -0.403. The minimum Gasteiger partial charge on any atom is -0.423 e. The summed E-state index contributed by atoms with van der Waals surface area (Å²) in [5.41, 5.74) is 1.25. The van der Waals surface area contributed by atoms with Gasteiger partial charge in [0.25, 0.3) is 5.91 Å². The van der Waals surface area contributed by atoms with Crippen molar-refractivity contribution in [2.45, 2.75) is 13.0 Å². The first kappa shape index (κ1) is 15.5. The SMILES string of the molecule is Cc1nnc(C2COCCN2C(=O)c2cc(-n3cccc3)ccn2)o1. The first-order valence-corrected chi connectivity index (χ1v) is 8.00. The number of carbonyl (C=O) groups is 1. The Balaban J connectivity index is 1.63. The highest BCUT2D eigenvalue weighted by molar-refractivity contribution is 5.93. The maximum absolute atomic E-state index is 13.0. The Morgan fingerprint density at radius 3 is 2.88 bits per heavy atom. The maximum Gasteiger partial charge on any atom is 0.273 e. The van der Waals surface area contributed by atoms with Gasteiger partial charge in [0, 0.05) is 37.7 Å². The smallest absolute Gasteiger partial charge is 0.273 e. The van der Waals surface area contributed by atoms with Crippen molar-refractivity contribution in [1.82, 2.24) is 24.6 Å². The van der Waals surface area contributed by atoms with E-state index in [0.29, 0.717) is 37.2 Å². The first-order chi connectivity index (χ1) is 12.2. The van der Waals surface area contributed by atoms with E-state index in [2.05, 4.69) is 15.2 Å². The molecule has 4 heterocycles. The molecule has 128 valence electrons. The highest BCUT2D eigenvalue weighted by atomic mass is 16.5. The number of rotatable bonds is 3. The zero-order valence-corrected chi connectivity index (χ0v) is 13.7. The van der Waals surface area contributed by atoms with Crippen LogP contribution in [0.4, 0.5) is 0 Å². The number of morpholine rings is 1. The lowest BCUT2D eigenvalue weighted by Crippen LogP contribution is -2.43. The van der Waals surface area contributed by atoms with Gasteiger partial charge in [-0.15, -0.1) is 10.2 Å². The normalized spacial score (nSPS) is 17.6. The Morgan fingerprint density at radius 1 is 1.28 bits per heavy atom. The van der Waals surface area contributed by atoms with Crippen LogP contribution in [0.2, 0.25) is 0 Å². The average molecular weight is 339 g/mol. The monoisotopic (exact) mass is 339 g/mol. The molecule has 0 spiro atoms. The summed E-state index contributed by atoms with van der Waals surface area (Å²) in [6.45, 7) is 2.95. The lowest BCUT2D eigenvalue weighted by Gasteiger charge is -2.33. The van der Waals surface area contributed by atoms with E-state index < -0.39 is 6.04 Å². The van der Waals surface area contributed by atoms with Crippen molar-refractivity contribution in [3.63, 3.8) is 0 Å². The van der Waals surface area contributed by atoms with Gasteiger partial charge in [0.15, 0.2) is 0 Å². The van der Waals surface area contributed by atoms with Crippen LogP contribution in [-0.4, -0.2) is 50.3 Å². The molecule has 0 saturated carbocycles. The van der Waals surface area contributed by atoms with Gasteiger partial charge in [-0.3, -0.25) is 9.78 Å². The number of ether oxygens (including phenoxy) is 1. The molecule has 8 nitrogen and oxygen atoms in total. The van der Waals surface area contributed by atoms with E-state index in [1.807, 2.05) is 35.2 Å². The molecule has 1 saturated heterocycles. The van der Waals surface area contributed by atoms with Crippen LogP contribution >= 0.6 is 0 Å². The zero-order valence-electron chi connectivity index (χ0n) is 13.7. The van der Waals surface area contributed by atoms with Gasteiger partial charge in [0.05, 0.1) is 13.2 Å². The molecule has 1 amide bonds. The molecule has 3 aromatic rings. The Morgan fingerprint density at radius 2 is 2.12 bits per heavy atom. The second-order valence-corrected chi connectivity index (χ2v) is 5.74. The summed E-state index contributed by atoms with van der Waals surface area (Å²) in [4.78, 5) is 18.9. The first-order valence-electron chi connectivity index (χ1n) is 8.00. The van der Waals surface area contributed by atoms with Gasteiger partial charge in [-0.1, -0.05) is 0 Å². The Hall–Kier alpha value is -3.00. The van der Waals surface area contributed by atoms with E-state index in [9.17, 15) is 4.79 Å². The molecule has 1 unspecified atom stereocenters. The third kappa shape index (κ3) is 3.03. The number of nitrogens with zero attached hydrogens (tertiary/aromatic N) is 5. The summed E-state index contributed by atoms with van der Waals surface area (Å²) >= 11 is 0. The van der Waals surface area contributed by atoms with Crippen molar-refractivity contribution in [3.05, 3.63) is 60.3 Å². The molecular weight excluding hydrogens is 322 g/mol. The Labute approximate surface area is 144 Å². The third-order valence-electron chi connectivity index (χ3n) is 4.08. The van der Waals surface area contributed by atoms with Crippen LogP contribution in [0, 0.1) is 6.92 Å². The Bertz CT molecular complexity index is 874. The molecule has 8 heteroatoms. The van der Waals surface area contributed by atoms with E-state index >= 15 is 0 Å². The molecule has 0 radical (unpaired) electrons. The van der Waals surface area contributed by atoms with Crippen molar-refractivity contribution < 1.29 is 13.9 Å². The van der Waals surface area contributed by atoms with Gasteiger partial charge in [0.2, 0.25) is 11.8 Å². The van der Waals surface area contributed by atoms with E-state index in [1.54, 1.807) is 24.1 Å². The van der Waals surface area contributed by atoms with Gasteiger partial charge in [-0.25, -0.2) is 0 Å². The summed E-state index contributed by atoms with van der Waals surface area (Å²) in [7, 11) is 0. The maximum atomic E-state index is 13.0. The highest BCUT2D eigenvalue weighted by Crippen LogP contribution is 2.25. The van der Waals surface area contributed by atoms with Gasteiger partial charge in [-0.2, -0.15) is 0 Å². The van der Waals surface area contributed by atoms with Gasteiger partial charge in [0.1, 0.15) is 11.7 Å². The molecular formula is C17H17N5O3. The number of carbonyl (C=O) groups excluding carboxylic acids is 1. The molecule has 1 fully saturated rings. The molecule has 4 rings (SSSR count). The van der Waals surface area contributed by atoms with Gasteiger partial charge in [-0.05, 0) is 24.3 Å². The summed E-state index contributed by atoms with van der Waals surface area (Å²) in [6, 6.07) is 7.08. The molecule has 0 N–H and O–H groups in total. The van der Waals surface area contributed by atoms with Crippen LogP contribution < -0.4 is 0 Å². The van der Waals surface area contributed by atoms with Crippen LogP contribution in [0.5, 0.6) is 0 Å². The predicted molar refractivity (Wildman–Crippen MR) is 87.2 cm³/mol. The van der Waals surface area contributed by atoms with Crippen molar-refractivity contribution in [2.75, 3.05) is 19.8 Å². The summed E-state index contributed by atoms with van der Waals surface area (Å²) < 4.78 is 12.9. The van der Waals surface area contributed by atoms with Crippen molar-refractivity contribution in [2.24, 2.45) is 0 Å². The lowest BCUT2D eigenvalue weighted by atomic mass is 10.2. The van der Waals surface area contributed by atoms with Crippen molar-refractivity contribution in [3.8, 4) is 5.69 Å². The number of hydrogen-bond donors (Lipinski definition) is 0. The van der Waals surface area contributed by atoms with Crippen LogP contribution in [-0.2, 0) is 4.74 Å². The van der Waals surface area contributed by atoms with E-state index in [0.717, 1.165) is 5.69 Å². The number of aryl methyl sites for hydroxylation is 1. The number of amides is 1. The van der Waals surface area contributed by atoms with Crippen LogP contribution in [0.3, 0.4) is 0 Å². The molecule has 25 heavy (non-hydrogen) atoms. The molecule has 0 bridgehead atoms.